The predicted octanol–water partition coefficient (Wildman–Crippen LogP) is 14.5. The van der Waals surface area contributed by atoms with Gasteiger partial charge in [0.15, 0.2) is 0 Å². The standard InChI is InChI=1S/C56H36N6O4/c63-61(64)39-15-5-9-35(33-39)21-23-45-47-25-29-51(57-47)55(43-19-7-13-37-11-1-3-17-41(37)43)52-30-26-48(58-52)46(24-22-36-10-6-16-40(34-36)62(65)66)50-28-32-54(60-50)56(53-31-27-49(45)59-53)44-20-8-14-38-12-2-4-18-42(38)44/h1-34,57,60H/b23-21+,24-22+,47-45?,48-46?,49-45?,50-46?,55-51?,55-52?,56-53?,56-54?. The molecule has 0 unspecified atom stereocenters. The molecule has 0 spiro atoms. The van der Waals surface area contributed by atoms with E-state index < -0.39 is 9.85 Å². The van der Waals surface area contributed by atoms with E-state index in [4.69, 9.17) is 9.97 Å². The lowest BCUT2D eigenvalue weighted by atomic mass is 9.97. The summed E-state index contributed by atoms with van der Waals surface area (Å²) in [5, 5.41) is 27.8. The van der Waals surface area contributed by atoms with Crippen LogP contribution in [0.3, 0.4) is 0 Å². The number of hydrogen-bond donors (Lipinski definition) is 2. The van der Waals surface area contributed by atoms with Crippen molar-refractivity contribution in [1.82, 2.24) is 19.9 Å². The normalized spacial score (nSPS) is 12.2. The summed E-state index contributed by atoms with van der Waals surface area (Å²) >= 11 is 0. The quantitative estimate of drug-likeness (QED) is 0.115. The second-order valence-electron chi connectivity index (χ2n) is 16.0. The summed E-state index contributed by atoms with van der Waals surface area (Å²) in [6.45, 7) is 0. The number of aromatic amines is 2. The molecule has 0 atom stereocenters. The number of nitrogens with one attached hydrogen (secondary N) is 2. The van der Waals surface area contributed by atoms with Crippen LogP contribution in [0.4, 0.5) is 11.4 Å². The number of non-ortho nitro benzene ring substituents is 2. The van der Waals surface area contributed by atoms with Crippen molar-refractivity contribution in [2.75, 3.05) is 0 Å². The molecular weight excluding hydrogens is 821 g/mol. The third-order valence-electron chi connectivity index (χ3n) is 12.0. The van der Waals surface area contributed by atoms with Gasteiger partial charge in [-0.3, -0.25) is 20.2 Å². The maximum atomic E-state index is 11.7. The van der Waals surface area contributed by atoms with Crippen LogP contribution in [0.25, 0.3) is 114 Å². The summed E-state index contributed by atoms with van der Waals surface area (Å²) in [6, 6.07) is 50.4. The molecule has 2 N–H and O–H groups in total. The highest BCUT2D eigenvalue weighted by Crippen LogP contribution is 2.39. The van der Waals surface area contributed by atoms with Crippen molar-refractivity contribution in [2.45, 2.75) is 0 Å². The first kappa shape index (κ1) is 39.6. The molecular formula is C56H36N6O4. The van der Waals surface area contributed by atoms with E-state index in [0.717, 1.165) is 88.4 Å². The zero-order valence-corrected chi connectivity index (χ0v) is 35.1. The number of nitro benzene ring substituents is 2. The Hall–Kier alpha value is -9.28. The van der Waals surface area contributed by atoms with Gasteiger partial charge < -0.3 is 9.97 Å². The number of H-pyrrole nitrogens is 2. The fourth-order valence-corrected chi connectivity index (χ4v) is 8.90. The fraction of sp³-hybridized carbons (Fsp3) is 0. The van der Waals surface area contributed by atoms with Crippen LogP contribution in [-0.4, -0.2) is 29.8 Å². The summed E-state index contributed by atoms with van der Waals surface area (Å²) in [5.41, 5.74) is 12.8. The Kier molecular flexibility index (Phi) is 9.86. The van der Waals surface area contributed by atoms with E-state index in [9.17, 15) is 20.2 Å². The number of aromatic nitrogens is 4. The van der Waals surface area contributed by atoms with Gasteiger partial charge in [0.25, 0.3) is 11.4 Å². The van der Waals surface area contributed by atoms with Crippen LogP contribution in [0, 0.1) is 20.2 Å². The van der Waals surface area contributed by atoms with Gasteiger partial charge in [0.1, 0.15) is 0 Å². The van der Waals surface area contributed by atoms with Gasteiger partial charge in [-0.1, -0.05) is 133 Å². The molecule has 11 rings (SSSR count). The van der Waals surface area contributed by atoms with Crippen LogP contribution in [0.5, 0.6) is 0 Å². The molecule has 3 aromatic heterocycles. The predicted molar refractivity (Wildman–Crippen MR) is 269 cm³/mol. The highest BCUT2D eigenvalue weighted by atomic mass is 16.6. The smallest absolute Gasteiger partial charge is 0.270 e. The van der Waals surface area contributed by atoms with Crippen molar-refractivity contribution < 1.29 is 9.85 Å². The van der Waals surface area contributed by atoms with Gasteiger partial charge in [0, 0.05) is 68.6 Å². The van der Waals surface area contributed by atoms with Gasteiger partial charge in [0.05, 0.1) is 32.6 Å². The highest BCUT2D eigenvalue weighted by molar-refractivity contribution is 6.06. The molecule has 10 nitrogen and oxygen atoms in total. The molecule has 9 aromatic rings. The Morgan fingerprint density at radius 2 is 0.803 bits per heavy atom. The second-order valence-corrected chi connectivity index (χ2v) is 16.0. The van der Waals surface area contributed by atoms with Crippen LogP contribution in [0.2, 0.25) is 0 Å². The Morgan fingerprint density at radius 1 is 0.409 bits per heavy atom. The first-order chi connectivity index (χ1) is 32.3. The first-order valence-corrected chi connectivity index (χ1v) is 21.3. The molecule has 2 aliphatic rings. The van der Waals surface area contributed by atoms with Crippen LogP contribution >= 0.6 is 0 Å². The Labute approximate surface area is 377 Å². The van der Waals surface area contributed by atoms with Gasteiger partial charge in [-0.05, 0) is 92.4 Å². The molecule has 5 heterocycles. The van der Waals surface area contributed by atoms with E-state index in [1.165, 1.54) is 12.1 Å². The minimum Gasteiger partial charge on any atom is -0.354 e. The molecule has 0 saturated carbocycles. The molecule has 0 saturated heterocycles. The van der Waals surface area contributed by atoms with E-state index in [0.29, 0.717) is 22.5 Å². The number of benzene rings is 6. The summed E-state index contributed by atoms with van der Waals surface area (Å²) < 4.78 is 0. The summed E-state index contributed by atoms with van der Waals surface area (Å²) in [6.07, 6.45) is 15.7. The molecule has 66 heavy (non-hydrogen) atoms. The largest absolute Gasteiger partial charge is 0.354 e. The average molecular weight is 857 g/mol. The van der Waals surface area contributed by atoms with Crippen LogP contribution in [0.15, 0.2) is 158 Å². The van der Waals surface area contributed by atoms with Gasteiger partial charge in [-0.2, -0.15) is 0 Å². The van der Waals surface area contributed by atoms with Crippen molar-refractivity contribution in [1.29, 1.82) is 0 Å². The lowest BCUT2D eigenvalue weighted by Crippen LogP contribution is -1.90. The zero-order chi connectivity index (χ0) is 44.7. The lowest BCUT2D eigenvalue weighted by molar-refractivity contribution is -0.385. The SMILES string of the molecule is O=[N+]([O-])c1cccc(/C=C/c2c3nc(c(-c4cccc5ccccc45)c4ccc([nH]4)c(/C=C/c4cccc([N+](=O)[O-])c4)c4nc(c(-c5cccc6ccccc56)c5ccc2[nH]5)C=C4)C=C3)c1. The molecule has 10 heteroatoms. The van der Waals surface area contributed by atoms with Gasteiger partial charge in [-0.15, -0.1) is 0 Å². The maximum absolute atomic E-state index is 11.7. The van der Waals surface area contributed by atoms with E-state index in [-0.39, 0.29) is 11.4 Å². The number of rotatable bonds is 8. The highest BCUT2D eigenvalue weighted by Gasteiger charge is 2.19. The first-order valence-electron chi connectivity index (χ1n) is 21.3. The van der Waals surface area contributed by atoms with Crippen LogP contribution < -0.4 is 0 Å². The maximum Gasteiger partial charge on any atom is 0.270 e. The Balaban J connectivity index is 1.26. The van der Waals surface area contributed by atoms with Crippen LogP contribution in [-0.2, 0) is 0 Å². The third kappa shape index (κ3) is 7.34. The molecule has 6 aromatic carbocycles. The van der Waals surface area contributed by atoms with E-state index in [1.807, 2.05) is 97.1 Å². The van der Waals surface area contributed by atoms with Crippen molar-refractivity contribution in [3.05, 3.63) is 223 Å². The molecule has 0 amide bonds. The van der Waals surface area contributed by atoms with Gasteiger partial charge >= 0.3 is 0 Å². The molecule has 314 valence electrons. The third-order valence-corrected chi connectivity index (χ3v) is 12.0. The lowest BCUT2D eigenvalue weighted by Gasteiger charge is -2.09. The van der Waals surface area contributed by atoms with Gasteiger partial charge in [0.2, 0.25) is 0 Å². The Morgan fingerprint density at radius 3 is 1.26 bits per heavy atom. The van der Waals surface area contributed by atoms with E-state index in [1.54, 1.807) is 24.3 Å². The molecule has 2 aliphatic heterocycles. The Bertz CT molecular complexity index is 3540. The minimum atomic E-state index is -0.391. The number of fused-ring (bicyclic) bond motifs is 10. The number of nitro groups is 2. The summed E-state index contributed by atoms with van der Waals surface area (Å²) in [4.78, 5) is 41.0. The fourth-order valence-electron chi connectivity index (χ4n) is 8.90. The van der Waals surface area contributed by atoms with Gasteiger partial charge in [-0.25, -0.2) is 9.97 Å². The summed E-state index contributed by atoms with van der Waals surface area (Å²) in [5.74, 6) is 0. The second kappa shape index (κ2) is 16.4. The van der Waals surface area contributed by atoms with Crippen molar-refractivity contribution >= 4 is 104 Å². The van der Waals surface area contributed by atoms with E-state index >= 15 is 0 Å². The van der Waals surface area contributed by atoms with Crippen molar-refractivity contribution in [3.63, 3.8) is 0 Å². The van der Waals surface area contributed by atoms with E-state index in [2.05, 4.69) is 82.8 Å². The van der Waals surface area contributed by atoms with Crippen LogP contribution in [0.1, 0.15) is 45.0 Å². The molecule has 0 aliphatic carbocycles. The zero-order valence-electron chi connectivity index (χ0n) is 35.1. The molecule has 0 radical (unpaired) electrons. The number of hydrogen-bond acceptors (Lipinski definition) is 6. The number of nitrogens with zero attached hydrogens (tertiary/aromatic N) is 4. The average Bonchev–Trinajstić information content (AvgIpc) is 4.20. The topological polar surface area (TPSA) is 144 Å². The molecule has 8 bridgehead atoms. The van der Waals surface area contributed by atoms with Crippen molar-refractivity contribution in [2.24, 2.45) is 0 Å². The molecule has 0 fully saturated rings. The van der Waals surface area contributed by atoms with Crippen molar-refractivity contribution in [3.8, 4) is 22.3 Å². The minimum absolute atomic E-state index is 0.00602. The summed E-state index contributed by atoms with van der Waals surface area (Å²) in [7, 11) is 0. The monoisotopic (exact) mass is 856 g/mol.